The molecule has 4 aromatic rings. The summed E-state index contributed by atoms with van der Waals surface area (Å²) in [5, 5.41) is 17.3. The molecule has 1 aliphatic carbocycles. The smallest absolute Gasteiger partial charge is 0.256 e. The Hall–Kier alpha value is -3.69. The lowest BCUT2D eigenvalue weighted by molar-refractivity contribution is -0.113. The van der Waals surface area contributed by atoms with Gasteiger partial charge < -0.3 is 10.6 Å². The number of nitrogens with one attached hydrogen (secondary N) is 2. The number of rotatable bonds is 9. The molecule has 0 fully saturated rings. The number of thioether (sulfide) groups is 1. The summed E-state index contributed by atoms with van der Waals surface area (Å²) in [5.74, 6) is 0.716. The molecule has 5 rings (SSSR count). The van der Waals surface area contributed by atoms with Crippen molar-refractivity contribution in [1.29, 1.82) is 0 Å². The monoisotopic (exact) mass is 543 g/mol. The lowest BCUT2D eigenvalue weighted by Gasteiger charge is -2.13. The van der Waals surface area contributed by atoms with Crippen molar-refractivity contribution in [2.24, 2.45) is 0 Å². The maximum atomic E-state index is 12.9. The zero-order chi connectivity index (χ0) is 26.5. The number of aryl methyl sites for hydroxylation is 2. The summed E-state index contributed by atoms with van der Waals surface area (Å²) in [7, 11) is 0. The third-order valence-corrected chi connectivity index (χ3v) is 8.43. The molecule has 0 saturated heterocycles. The van der Waals surface area contributed by atoms with Crippen LogP contribution in [-0.2, 0) is 24.2 Å². The predicted octanol–water partition coefficient (Wildman–Crippen LogP) is 6.36. The maximum Gasteiger partial charge on any atom is 0.256 e. The van der Waals surface area contributed by atoms with Gasteiger partial charge in [0.1, 0.15) is 0 Å². The van der Waals surface area contributed by atoms with Crippen LogP contribution in [0.4, 0.5) is 11.4 Å². The first-order valence-corrected chi connectivity index (χ1v) is 14.4. The lowest BCUT2D eigenvalue weighted by Crippen LogP contribution is -2.14. The second-order valence-electron chi connectivity index (χ2n) is 9.20. The highest BCUT2D eigenvalue weighted by Crippen LogP contribution is 2.31. The van der Waals surface area contributed by atoms with E-state index in [4.69, 9.17) is 0 Å². The van der Waals surface area contributed by atoms with Crippen LogP contribution in [0.3, 0.4) is 0 Å². The summed E-state index contributed by atoms with van der Waals surface area (Å²) >= 11 is 3.02. The molecule has 1 aliphatic rings. The van der Waals surface area contributed by atoms with Crippen LogP contribution in [0.15, 0.2) is 71.7 Å². The van der Waals surface area contributed by atoms with Crippen molar-refractivity contribution in [3.05, 3.63) is 88.1 Å². The van der Waals surface area contributed by atoms with E-state index in [1.54, 1.807) is 17.4 Å². The van der Waals surface area contributed by atoms with Gasteiger partial charge in [-0.3, -0.25) is 14.2 Å². The molecule has 2 heterocycles. The minimum Gasteiger partial charge on any atom is -0.325 e. The Balaban J connectivity index is 1.25. The Morgan fingerprint density at radius 1 is 1.08 bits per heavy atom. The van der Waals surface area contributed by atoms with Gasteiger partial charge in [0.05, 0.1) is 11.3 Å². The summed E-state index contributed by atoms with van der Waals surface area (Å²) in [6.07, 6.45) is 6.17. The van der Waals surface area contributed by atoms with Gasteiger partial charge in [0.25, 0.3) is 5.91 Å². The molecule has 0 saturated carbocycles. The molecule has 2 aromatic carbocycles. The summed E-state index contributed by atoms with van der Waals surface area (Å²) < 4.78 is 1.93. The number of fused-ring (bicyclic) bond motifs is 1. The van der Waals surface area contributed by atoms with E-state index in [1.807, 2.05) is 65.4 Å². The van der Waals surface area contributed by atoms with E-state index in [1.165, 1.54) is 28.6 Å². The number of hydrogen-bond donors (Lipinski definition) is 2. The number of benzene rings is 2. The standard InChI is InChI=1S/C29H29N5O2S2/c1-3-15-34-27(32-33-29(34)38-18-26(35)30-22-8-6-7-19(2)16-22)20-11-13-21(14-12-20)31-28(36)24-17-37-25-10-5-4-9-23(24)25/h3,6-8,11-14,16-17H,1,4-5,9-10,15,18H2,2H3,(H,30,35)(H,31,36). The fraction of sp³-hybridized carbons (Fsp3) is 0.241. The first-order chi connectivity index (χ1) is 18.5. The molecular weight excluding hydrogens is 514 g/mol. The molecule has 0 bridgehead atoms. The average Bonchev–Trinajstić information content (AvgIpc) is 3.53. The van der Waals surface area contributed by atoms with Crippen molar-refractivity contribution < 1.29 is 9.59 Å². The molecule has 0 atom stereocenters. The predicted molar refractivity (Wildman–Crippen MR) is 155 cm³/mol. The SMILES string of the molecule is C=CCn1c(SCC(=O)Nc2cccc(C)c2)nnc1-c1ccc(NC(=O)c2csc3c2CCCC3)cc1. The Morgan fingerprint density at radius 3 is 2.68 bits per heavy atom. The van der Waals surface area contributed by atoms with Gasteiger partial charge in [-0.15, -0.1) is 28.1 Å². The van der Waals surface area contributed by atoms with Gasteiger partial charge >= 0.3 is 0 Å². The first kappa shape index (κ1) is 25.9. The van der Waals surface area contributed by atoms with Crippen LogP contribution >= 0.6 is 23.1 Å². The number of anilines is 2. The van der Waals surface area contributed by atoms with E-state index in [2.05, 4.69) is 27.4 Å². The highest BCUT2D eigenvalue weighted by atomic mass is 32.2. The third-order valence-electron chi connectivity index (χ3n) is 6.37. The zero-order valence-corrected chi connectivity index (χ0v) is 22.8. The van der Waals surface area contributed by atoms with Crippen LogP contribution in [0.1, 0.15) is 39.2 Å². The molecule has 9 heteroatoms. The van der Waals surface area contributed by atoms with Crippen molar-refractivity contribution in [3.63, 3.8) is 0 Å². The molecule has 2 N–H and O–H groups in total. The molecule has 0 aliphatic heterocycles. The number of aromatic nitrogens is 3. The van der Waals surface area contributed by atoms with E-state index in [0.717, 1.165) is 47.3 Å². The highest BCUT2D eigenvalue weighted by Gasteiger charge is 2.20. The quantitative estimate of drug-likeness (QED) is 0.189. The summed E-state index contributed by atoms with van der Waals surface area (Å²) in [5.41, 5.74) is 5.46. The minimum absolute atomic E-state index is 0.0606. The first-order valence-electron chi connectivity index (χ1n) is 12.6. The average molecular weight is 544 g/mol. The minimum atomic E-state index is -0.109. The van der Waals surface area contributed by atoms with Crippen molar-refractivity contribution in [2.75, 3.05) is 16.4 Å². The zero-order valence-electron chi connectivity index (χ0n) is 21.2. The molecular formula is C29H29N5O2S2. The summed E-state index contributed by atoms with van der Waals surface area (Å²) in [6, 6.07) is 15.3. The Morgan fingerprint density at radius 2 is 1.89 bits per heavy atom. The van der Waals surface area contributed by atoms with E-state index in [9.17, 15) is 9.59 Å². The van der Waals surface area contributed by atoms with Gasteiger partial charge in [-0.1, -0.05) is 30.0 Å². The third kappa shape index (κ3) is 5.89. The number of hydrogen-bond acceptors (Lipinski definition) is 6. The number of nitrogens with zero attached hydrogens (tertiary/aromatic N) is 3. The summed E-state index contributed by atoms with van der Waals surface area (Å²) in [4.78, 5) is 26.8. The van der Waals surface area contributed by atoms with Gasteiger partial charge in [-0.2, -0.15) is 0 Å². The summed E-state index contributed by atoms with van der Waals surface area (Å²) in [6.45, 7) is 6.35. The molecule has 38 heavy (non-hydrogen) atoms. The second-order valence-corrected chi connectivity index (χ2v) is 11.1. The largest absolute Gasteiger partial charge is 0.325 e. The van der Waals surface area contributed by atoms with Crippen LogP contribution in [0.25, 0.3) is 11.4 Å². The number of carbonyl (C=O) groups is 2. The highest BCUT2D eigenvalue weighted by molar-refractivity contribution is 7.99. The van der Waals surface area contributed by atoms with Crippen LogP contribution in [0, 0.1) is 6.92 Å². The van der Waals surface area contributed by atoms with Crippen molar-refractivity contribution in [3.8, 4) is 11.4 Å². The molecule has 0 unspecified atom stereocenters. The number of carbonyl (C=O) groups excluding carboxylic acids is 2. The fourth-order valence-corrected chi connectivity index (χ4v) is 6.41. The number of amides is 2. The van der Waals surface area contributed by atoms with E-state index in [0.29, 0.717) is 17.5 Å². The topological polar surface area (TPSA) is 88.9 Å². The molecule has 7 nitrogen and oxygen atoms in total. The second kappa shape index (κ2) is 11.8. The lowest BCUT2D eigenvalue weighted by atomic mass is 9.95. The van der Waals surface area contributed by atoms with Crippen LogP contribution in [-0.4, -0.2) is 32.3 Å². The van der Waals surface area contributed by atoms with Crippen LogP contribution in [0.5, 0.6) is 0 Å². The number of allylic oxidation sites excluding steroid dienone is 1. The molecule has 0 radical (unpaired) electrons. The van der Waals surface area contributed by atoms with E-state index in [-0.39, 0.29) is 17.6 Å². The maximum absolute atomic E-state index is 12.9. The van der Waals surface area contributed by atoms with Crippen molar-refractivity contribution in [2.45, 2.75) is 44.3 Å². The molecule has 0 spiro atoms. The van der Waals surface area contributed by atoms with Crippen LogP contribution < -0.4 is 10.6 Å². The van der Waals surface area contributed by atoms with Crippen molar-refractivity contribution >= 4 is 46.3 Å². The van der Waals surface area contributed by atoms with E-state index < -0.39 is 0 Å². The van der Waals surface area contributed by atoms with Gasteiger partial charge in [0, 0.05) is 33.7 Å². The van der Waals surface area contributed by atoms with Crippen LogP contribution in [0.2, 0.25) is 0 Å². The Labute approximate surface area is 230 Å². The van der Waals surface area contributed by atoms with Gasteiger partial charge in [0.2, 0.25) is 5.91 Å². The molecule has 194 valence electrons. The Kier molecular flexibility index (Phi) is 8.05. The number of thiophene rings is 1. The van der Waals surface area contributed by atoms with E-state index >= 15 is 0 Å². The Bertz CT molecular complexity index is 1470. The van der Waals surface area contributed by atoms with Gasteiger partial charge in [0.15, 0.2) is 11.0 Å². The van der Waals surface area contributed by atoms with Gasteiger partial charge in [-0.05, 0) is 80.1 Å². The normalized spacial score (nSPS) is 12.6. The van der Waals surface area contributed by atoms with Gasteiger partial charge in [-0.25, -0.2) is 0 Å². The molecule has 2 amide bonds. The fourth-order valence-electron chi connectivity index (χ4n) is 4.54. The van der Waals surface area contributed by atoms with Crippen molar-refractivity contribution in [1.82, 2.24) is 14.8 Å². The molecule has 2 aromatic heterocycles.